The van der Waals surface area contributed by atoms with Gasteiger partial charge in [-0.15, -0.1) is 10.2 Å². The first-order valence-electron chi connectivity index (χ1n) is 11.0. The first-order chi connectivity index (χ1) is 16.4. The Labute approximate surface area is 200 Å². The number of carbonyl (C=O) groups excluding carboxylic acids is 2. The minimum atomic E-state index is -0.879. The Kier molecular flexibility index (Phi) is 5.57. The van der Waals surface area contributed by atoms with E-state index in [4.69, 9.17) is 9.47 Å². The van der Waals surface area contributed by atoms with E-state index in [1.165, 1.54) is 16.2 Å². The predicted octanol–water partition coefficient (Wildman–Crippen LogP) is 4.19. The lowest BCUT2D eigenvalue weighted by atomic mass is 9.94. The second-order valence-electron chi connectivity index (χ2n) is 8.23. The van der Waals surface area contributed by atoms with Crippen LogP contribution in [0.15, 0.2) is 48.0 Å². The maximum Gasteiger partial charge on any atom is 0.301 e. The van der Waals surface area contributed by atoms with E-state index in [9.17, 15) is 14.7 Å². The Bertz CT molecular complexity index is 1330. The zero-order chi connectivity index (χ0) is 24.0. The summed E-state index contributed by atoms with van der Waals surface area (Å²) in [4.78, 5) is 27.8. The van der Waals surface area contributed by atoms with Crippen molar-refractivity contribution in [2.24, 2.45) is 0 Å². The lowest BCUT2D eigenvalue weighted by Crippen LogP contribution is -2.29. The first-order valence-corrected chi connectivity index (χ1v) is 11.8. The van der Waals surface area contributed by atoms with Gasteiger partial charge < -0.3 is 14.6 Å². The van der Waals surface area contributed by atoms with E-state index in [0.717, 1.165) is 11.3 Å². The molecule has 1 amide bonds. The van der Waals surface area contributed by atoms with Crippen LogP contribution in [0.3, 0.4) is 0 Å². The Balaban J connectivity index is 1.68. The zero-order valence-electron chi connectivity index (χ0n) is 18.9. The SMILES string of the molecule is CCOc1cccc([C@H]2/C(=C(\O)c3ccc4c(c3)C[C@H](C)O4)C(=O)C(=O)N2c2nnc(C)s2)c1. The van der Waals surface area contributed by atoms with Crippen LogP contribution >= 0.6 is 11.3 Å². The molecule has 0 aliphatic carbocycles. The summed E-state index contributed by atoms with van der Waals surface area (Å²) in [7, 11) is 0. The summed E-state index contributed by atoms with van der Waals surface area (Å²) in [6.45, 7) is 6.09. The topological polar surface area (TPSA) is 102 Å². The third-order valence-corrected chi connectivity index (χ3v) is 6.66. The quantitative estimate of drug-likeness (QED) is 0.334. The number of hydrogen-bond acceptors (Lipinski definition) is 8. The molecule has 3 heterocycles. The van der Waals surface area contributed by atoms with Gasteiger partial charge in [0.15, 0.2) is 0 Å². The molecule has 0 spiro atoms. The Morgan fingerprint density at radius 3 is 2.79 bits per heavy atom. The van der Waals surface area contributed by atoms with Crippen LogP contribution in [0.1, 0.15) is 41.6 Å². The van der Waals surface area contributed by atoms with Crippen molar-refractivity contribution in [3.8, 4) is 11.5 Å². The fraction of sp³-hybridized carbons (Fsp3) is 0.280. The molecule has 2 aromatic carbocycles. The maximum absolute atomic E-state index is 13.3. The summed E-state index contributed by atoms with van der Waals surface area (Å²) in [6.07, 6.45) is 0.745. The fourth-order valence-electron chi connectivity index (χ4n) is 4.39. The lowest BCUT2D eigenvalue weighted by Gasteiger charge is -2.23. The number of anilines is 1. The highest BCUT2D eigenvalue weighted by atomic mass is 32.1. The van der Waals surface area contributed by atoms with E-state index < -0.39 is 17.7 Å². The number of benzene rings is 2. The van der Waals surface area contributed by atoms with Gasteiger partial charge in [-0.1, -0.05) is 23.5 Å². The van der Waals surface area contributed by atoms with E-state index in [2.05, 4.69) is 10.2 Å². The predicted molar refractivity (Wildman–Crippen MR) is 127 cm³/mol. The number of ketones is 1. The Hall–Kier alpha value is -3.72. The highest BCUT2D eigenvalue weighted by Crippen LogP contribution is 2.44. The number of ether oxygens (including phenoxy) is 2. The second kappa shape index (κ2) is 8.57. The van der Waals surface area contributed by atoms with Crippen LogP contribution in [0.5, 0.6) is 11.5 Å². The number of amides is 1. The van der Waals surface area contributed by atoms with E-state index in [1.54, 1.807) is 43.3 Å². The summed E-state index contributed by atoms with van der Waals surface area (Å²) in [5, 5.41) is 20.4. The number of fused-ring (bicyclic) bond motifs is 1. The molecule has 5 rings (SSSR count). The van der Waals surface area contributed by atoms with E-state index >= 15 is 0 Å². The van der Waals surface area contributed by atoms with Crippen molar-refractivity contribution in [3.05, 3.63) is 69.7 Å². The minimum Gasteiger partial charge on any atom is -0.507 e. The summed E-state index contributed by atoms with van der Waals surface area (Å²) in [5.41, 5.74) is 2.02. The number of aryl methyl sites for hydroxylation is 1. The van der Waals surface area contributed by atoms with Gasteiger partial charge in [-0.3, -0.25) is 14.5 Å². The molecule has 1 N–H and O–H groups in total. The van der Waals surface area contributed by atoms with Crippen molar-refractivity contribution in [2.45, 2.75) is 39.3 Å². The molecule has 2 aliphatic heterocycles. The van der Waals surface area contributed by atoms with Crippen molar-refractivity contribution in [1.29, 1.82) is 0 Å². The van der Waals surface area contributed by atoms with Gasteiger partial charge in [-0.2, -0.15) is 0 Å². The number of Topliss-reactive ketones (excluding diaryl/α,β-unsaturated/α-hetero) is 1. The number of aliphatic hydroxyl groups excluding tert-OH is 1. The van der Waals surface area contributed by atoms with Gasteiger partial charge in [0.1, 0.15) is 28.4 Å². The van der Waals surface area contributed by atoms with Gasteiger partial charge in [0, 0.05) is 12.0 Å². The number of carbonyl (C=O) groups is 2. The molecule has 1 fully saturated rings. The molecule has 0 saturated carbocycles. The normalized spacial score (nSPS) is 21.0. The third-order valence-electron chi connectivity index (χ3n) is 5.82. The van der Waals surface area contributed by atoms with Gasteiger partial charge in [0.05, 0.1) is 18.2 Å². The minimum absolute atomic E-state index is 0.00147. The number of aliphatic hydroxyl groups is 1. The van der Waals surface area contributed by atoms with Crippen LogP contribution in [0.4, 0.5) is 5.13 Å². The van der Waals surface area contributed by atoms with Crippen molar-refractivity contribution in [3.63, 3.8) is 0 Å². The van der Waals surface area contributed by atoms with Crippen molar-refractivity contribution >= 4 is 33.9 Å². The van der Waals surface area contributed by atoms with Gasteiger partial charge >= 0.3 is 5.91 Å². The van der Waals surface area contributed by atoms with Crippen LogP contribution in [0, 0.1) is 6.92 Å². The number of rotatable bonds is 5. The highest BCUT2D eigenvalue weighted by Gasteiger charge is 2.48. The molecule has 1 aromatic heterocycles. The molecule has 1 saturated heterocycles. The summed E-state index contributed by atoms with van der Waals surface area (Å²) >= 11 is 1.21. The van der Waals surface area contributed by atoms with Crippen LogP contribution in [-0.4, -0.2) is 39.7 Å². The van der Waals surface area contributed by atoms with E-state index in [1.807, 2.05) is 19.9 Å². The Morgan fingerprint density at radius 2 is 2.06 bits per heavy atom. The maximum atomic E-state index is 13.3. The number of nitrogens with zero attached hydrogens (tertiary/aromatic N) is 3. The van der Waals surface area contributed by atoms with Crippen molar-refractivity contribution in [1.82, 2.24) is 10.2 Å². The number of hydrogen-bond donors (Lipinski definition) is 1. The molecular formula is C25H23N3O5S. The van der Waals surface area contributed by atoms with Crippen LogP contribution < -0.4 is 14.4 Å². The molecule has 0 bridgehead atoms. The van der Waals surface area contributed by atoms with E-state index in [0.29, 0.717) is 40.0 Å². The molecule has 0 radical (unpaired) electrons. The van der Waals surface area contributed by atoms with Gasteiger partial charge in [0.2, 0.25) is 5.13 Å². The lowest BCUT2D eigenvalue weighted by molar-refractivity contribution is -0.132. The van der Waals surface area contributed by atoms with Crippen molar-refractivity contribution < 1.29 is 24.2 Å². The average Bonchev–Trinajstić information content (AvgIpc) is 3.48. The summed E-state index contributed by atoms with van der Waals surface area (Å²) in [6, 6.07) is 11.6. The monoisotopic (exact) mass is 477 g/mol. The molecule has 34 heavy (non-hydrogen) atoms. The largest absolute Gasteiger partial charge is 0.507 e. The van der Waals surface area contributed by atoms with Gasteiger partial charge in [-0.05, 0) is 62.2 Å². The van der Waals surface area contributed by atoms with Crippen LogP contribution in [-0.2, 0) is 16.0 Å². The molecule has 0 unspecified atom stereocenters. The summed E-state index contributed by atoms with van der Waals surface area (Å²) < 4.78 is 11.4. The van der Waals surface area contributed by atoms with E-state index in [-0.39, 0.29) is 17.4 Å². The molecular weight excluding hydrogens is 454 g/mol. The molecule has 9 heteroatoms. The smallest absolute Gasteiger partial charge is 0.301 e. The van der Waals surface area contributed by atoms with Crippen LogP contribution in [0.2, 0.25) is 0 Å². The van der Waals surface area contributed by atoms with Gasteiger partial charge in [0.25, 0.3) is 5.78 Å². The van der Waals surface area contributed by atoms with Gasteiger partial charge in [-0.25, -0.2) is 0 Å². The first kappa shape index (κ1) is 22.1. The molecule has 3 aromatic rings. The molecule has 2 atom stereocenters. The third kappa shape index (κ3) is 3.71. The van der Waals surface area contributed by atoms with Crippen molar-refractivity contribution in [2.75, 3.05) is 11.5 Å². The second-order valence-corrected chi connectivity index (χ2v) is 9.39. The highest BCUT2D eigenvalue weighted by molar-refractivity contribution is 7.15. The zero-order valence-corrected chi connectivity index (χ0v) is 19.8. The van der Waals surface area contributed by atoms with Crippen LogP contribution in [0.25, 0.3) is 5.76 Å². The molecule has 174 valence electrons. The average molecular weight is 478 g/mol. The fourth-order valence-corrected chi connectivity index (χ4v) is 5.11. The Morgan fingerprint density at radius 1 is 1.24 bits per heavy atom. The standard InChI is InChI=1S/C25H23N3O5S/c1-4-32-18-7-5-6-15(12-18)21-20(23(30)24(31)28(21)25-27-26-14(3)34-25)22(29)16-8-9-19-17(11-16)10-13(2)33-19/h5-9,11-13,21,29H,4,10H2,1-3H3/b22-20+/t13-,21-/m0/s1. The molecule has 8 nitrogen and oxygen atoms in total. The molecule has 2 aliphatic rings. The number of aromatic nitrogens is 2. The summed E-state index contributed by atoms with van der Waals surface area (Å²) in [5.74, 6) is -0.418.